The van der Waals surface area contributed by atoms with Crippen molar-refractivity contribution in [1.82, 2.24) is 4.98 Å². The molecular formula is C13H11NO3. The van der Waals surface area contributed by atoms with Crippen LogP contribution in [0.3, 0.4) is 0 Å². The Morgan fingerprint density at radius 3 is 2.76 bits per heavy atom. The molecule has 0 aliphatic carbocycles. The first-order chi connectivity index (χ1) is 8.22. The van der Waals surface area contributed by atoms with Crippen molar-refractivity contribution < 1.29 is 14.3 Å². The van der Waals surface area contributed by atoms with Gasteiger partial charge in [0, 0.05) is 28.7 Å². The fourth-order valence-corrected chi connectivity index (χ4v) is 1.58. The number of ketones is 1. The fourth-order valence-electron chi connectivity index (χ4n) is 1.58. The van der Waals surface area contributed by atoms with Crippen molar-refractivity contribution in [3.8, 4) is 0 Å². The second kappa shape index (κ2) is 4.65. The fraction of sp³-hybridized carbons (Fsp3) is 0.0769. The number of hydrogen-bond donors (Lipinski definition) is 1. The van der Waals surface area contributed by atoms with Crippen molar-refractivity contribution in [3.63, 3.8) is 0 Å². The van der Waals surface area contributed by atoms with E-state index in [1.165, 1.54) is 13.2 Å². The number of benzene rings is 1. The Kier molecular flexibility index (Phi) is 3.05. The molecule has 0 unspecified atom stereocenters. The van der Waals surface area contributed by atoms with Gasteiger partial charge in [0.15, 0.2) is 5.78 Å². The molecule has 2 rings (SSSR count). The van der Waals surface area contributed by atoms with E-state index >= 15 is 0 Å². The summed E-state index contributed by atoms with van der Waals surface area (Å²) in [6, 6.07) is 7.48. The average Bonchev–Trinajstić information content (AvgIpc) is 2.79. The third kappa shape index (κ3) is 2.25. The van der Waals surface area contributed by atoms with Crippen molar-refractivity contribution in [2.24, 2.45) is 0 Å². The number of nitrogens with one attached hydrogen (secondary N) is 1. The van der Waals surface area contributed by atoms with Crippen molar-refractivity contribution in [2.75, 3.05) is 7.11 Å². The highest BCUT2D eigenvalue weighted by Gasteiger charge is 2.08. The summed E-state index contributed by atoms with van der Waals surface area (Å²) in [5, 5.41) is 0.840. The second-order valence-corrected chi connectivity index (χ2v) is 3.47. The van der Waals surface area contributed by atoms with Gasteiger partial charge in [-0.3, -0.25) is 4.79 Å². The minimum atomic E-state index is -0.543. The van der Waals surface area contributed by atoms with Crippen LogP contribution in [-0.4, -0.2) is 23.8 Å². The number of hydrogen-bond acceptors (Lipinski definition) is 3. The first-order valence-corrected chi connectivity index (χ1v) is 5.09. The number of para-hydroxylation sites is 1. The van der Waals surface area contributed by atoms with Crippen LogP contribution < -0.4 is 0 Å². The summed E-state index contributed by atoms with van der Waals surface area (Å²) in [6.07, 6.45) is 3.96. The SMILES string of the molecule is COC(=O)C=CC(=O)c1c[nH]c2ccccc12. The molecule has 0 amide bonds. The Bertz CT molecular complexity index is 595. The number of carbonyl (C=O) groups is 2. The molecule has 0 saturated heterocycles. The van der Waals surface area contributed by atoms with Gasteiger partial charge in [-0.15, -0.1) is 0 Å². The number of methoxy groups -OCH3 is 1. The minimum absolute atomic E-state index is 0.229. The molecule has 0 saturated carbocycles. The lowest BCUT2D eigenvalue weighted by Crippen LogP contribution is -1.98. The summed E-state index contributed by atoms with van der Waals surface area (Å²) in [5.74, 6) is -0.772. The molecule has 4 nitrogen and oxygen atoms in total. The molecule has 0 atom stereocenters. The predicted octanol–water partition coefficient (Wildman–Crippen LogP) is 2.08. The second-order valence-electron chi connectivity index (χ2n) is 3.47. The lowest BCUT2D eigenvalue weighted by molar-refractivity contribution is -0.134. The lowest BCUT2D eigenvalue weighted by Gasteiger charge is -1.93. The van der Waals surface area contributed by atoms with Gasteiger partial charge in [0.05, 0.1) is 7.11 Å². The van der Waals surface area contributed by atoms with Gasteiger partial charge in [0.25, 0.3) is 0 Å². The third-order valence-corrected chi connectivity index (χ3v) is 2.43. The Morgan fingerprint density at radius 1 is 1.24 bits per heavy atom. The average molecular weight is 229 g/mol. The van der Waals surface area contributed by atoms with Gasteiger partial charge >= 0.3 is 5.97 Å². The van der Waals surface area contributed by atoms with Gasteiger partial charge < -0.3 is 9.72 Å². The standard InChI is InChI=1S/C13H11NO3/c1-17-13(16)7-6-12(15)10-8-14-11-5-3-2-4-9(10)11/h2-8,14H,1H3. The monoisotopic (exact) mass is 229 g/mol. The molecule has 1 aromatic carbocycles. The van der Waals surface area contributed by atoms with E-state index < -0.39 is 5.97 Å². The van der Waals surface area contributed by atoms with Gasteiger partial charge in [-0.05, 0) is 12.1 Å². The van der Waals surface area contributed by atoms with E-state index in [4.69, 9.17) is 0 Å². The highest BCUT2D eigenvalue weighted by atomic mass is 16.5. The van der Waals surface area contributed by atoms with Crippen LogP contribution in [0.1, 0.15) is 10.4 Å². The third-order valence-electron chi connectivity index (χ3n) is 2.43. The summed E-state index contributed by atoms with van der Waals surface area (Å²) < 4.78 is 4.42. The first-order valence-electron chi connectivity index (χ1n) is 5.09. The predicted molar refractivity (Wildman–Crippen MR) is 63.8 cm³/mol. The van der Waals surface area contributed by atoms with Crippen LogP contribution in [0.4, 0.5) is 0 Å². The van der Waals surface area contributed by atoms with Gasteiger partial charge in [0.1, 0.15) is 0 Å². The van der Waals surface area contributed by atoms with E-state index in [0.29, 0.717) is 5.56 Å². The van der Waals surface area contributed by atoms with Crippen molar-refractivity contribution >= 4 is 22.7 Å². The summed E-state index contributed by atoms with van der Waals surface area (Å²) in [7, 11) is 1.27. The largest absolute Gasteiger partial charge is 0.466 e. The van der Waals surface area contributed by atoms with Crippen LogP contribution in [-0.2, 0) is 9.53 Å². The summed E-state index contributed by atoms with van der Waals surface area (Å²) >= 11 is 0. The van der Waals surface area contributed by atoms with Crippen molar-refractivity contribution in [1.29, 1.82) is 0 Å². The van der Waals surface area contributed by atoms with Crippen LogP contribution in [0.15, 0.2) is 42.6 Å². The Morgan fingerprint density at radius 2 is 2.00 bits per heavy atom. The van der Waals surface area contributed by atoms with Crippen LogP contribution in [0.25, 0.3) is 10.9 Å². The Balaban J connectivity index is 2.31. The van der Waals surface area contributed by atoms with Gasteiger partial charge in [-0.25, -0.2) is 4.79 Å². The summed E-state index contributed by atoms with van der Waals surface area (Å²) in [5.41, 5.74) is 1.43. The number of aromatic nitrogens is 1. The van der Waals surface area contributed by atoms with E-state index in [0.717, 1.165) is 17.0 Å². The number of H-pyrrole nitrogens is 1. The summed E-state index contributed by atoms with van der Waals surface area (Å²) in [6.45, 7) is 0. The van der Waals surface area contributed by atoms with Crippen LogP contribution >= 0.6 is 0 Å². The quantitative estimate of drug-likeness (QED) is 0.498. The molecule has 0 fully saturated rings. The zero-order valence-electron chi connectivity index (χ0n) is 9.27. The maximum Gasteiger partial charge on any atom is 0.330 e. The van der Waals surface area contributed by atoms with E-state index in [-0.39, 0.29) is 5.78 Å². The number of fused-ring (bicyclic) bond motifs is 1. The Labute approximate surface area is 97.9 Å². The molecule has 4 heteroatoms. The molecule has 0 spiro atoms. The minimum Gasteiger partial charge on any atom is -0.466 e. The zero-order valence-corrected chi connectivity index (χ0v) is 9.27. The number of aromatic amines is 1. The molecule has 0 bridgehead atoms. The topological polar surface area (TPSA) is 59.2 Å². The van der Waals surface area contributed by atoms with E-state index in [9.17, 15) is 9.59 Å². The molecule has 86 valence electrons. The molecule has 1 aromatic heterocycles. The first kappa shape index (κ1) is 11.1. The number of carbonyl (C=O) groups excluding carboxylic acids is 2. The molecule has 2 aromatic rings. The smallest absolute Gasteiger partial charge is 0.330 e. The number of ether oxygens (including phenoxy) is 1. The highest BCUT2D eigenvalue weighted by molar-refractivity contribution is 6.14. The molecule has 1 N–H and O–H groups in total. The van der Waals surface area contributed by atoms with E-state index in [1.807, 2.05) is 24.3 Å². The molecule has 17 heavy (non-hydrogen) atoms. The normalized spacial score (nSPS) is 10.9. The van der Waals surface area contributed by atoms with Gasteiger partial charge in [0.2, 0.25) is 0 Å². The van der Waals surface area contributed by atoms with Crippen molar-refractivity contribution in [3.05, 3.63) is 48.2 Å². The molecule has 1 heterocycles. The Hall–Kier alpha value is -2.36. The maximum atomic E-state index is 11.8. The zero-order chi connectivity index (χ0) is 12.3. The van der Waals surface area contributed by atoms with Gasteiger partial charge in [-0.2, -0.15) is 0 Å². The van der Waals surface area contributed by atoms with Crippen LogP contribution in [0.5, 0.6) is 0 Å². The maximum absolute atomic E-state index is 11.8. The number of allylic oxidation sites excluding steroid dienone is 1. The van der Waals surface area contributed by atoms with Crippen molar-refractivity contribution in [2.45, 2.75) is 0 Å². The van der Waals surface area contributed by atoms with Crippen LogP contribution in [0, 0.1) is 0 Å². The molecule has 0 aliphatic heterocycles. The number of rotatable bonds is 3. The van der Waals surface area contributed by atoms with Gasteiger partial charge in [-0.1, -0.05) is 18.2 Å². The molecule has 0 aliphatic rings. The van der Waals surface area contributed by atoms with Crippen LogP contribution in [0.2, 0.25) is 0 Å². The lowest BCUT2D eigenvalue weighted by atomic mass is 10.1. The van der Waals surface area contributed by atoms with E-state index in [2.05, 4.69) is 9.72 Å². The highest BCUT2D eigenvalue weighted by Crippen LogP contribution is 2.18. The van der Waals surface area contributed by atoms with E-state index in [1.54, 1.807) is 6.20 Å². The summed E-state index contributed by atoms with van der Waals surface area (Å²) in [4.78, 5) is 25.7. The molecular weight excluding hydrogens is 218 g/mol. The molecule has 0 radical (unpaired) electrons. The number of esters is 1.